The molecule has 28 heavy (non-hydrogen) atoms. The highest BCUT2D eigenvalue weighted by molar-refractivity contribution is 7.07. The Balaban J connectivity index is 1.79. The topological polar surface area (TPSA) is 35.8 Å². The van der Waals surface area contributed by atoms with Crippen molar-refractivity contribution < 1.29 is 9.47 Å². The predicted octanol–water partition coefficient (Wildman–Crippen LogP) is 5.94. The fourth-order valence-corrected chi connectivity index (χ4v) is 4.70. The third kappa shape index (κ3) is 4.28. The molecule has 0 radical (unpaired) electrons. The van der Waals surface area contributed by atoms with Crippen LogP contribution >= 0.6 is 34.5 Å². The van der Waals surface area contributed by atoms with Crippen molar-refractivity contribution in [3.63, 3.8) is 0 Å². The van der Waals surface area contributed by atoms with Gasteiger partial charge in [0.25, 0.3) is 0 Å². The molecule has 7 heteroatoms. The van der Waals surface area contributed by atoms with Gasteiger partial charge in [0.2, 0.25) is 0 Å². The molecule has 0 bridgehead atoms. The summed E-state index contributed by atoms with van der Waals surface area (Å²) in [6, 6.07) is 13.3. The molecule has 1 fully saturated rings. The second-order valence-corrected chi connectivity index (χ2v) is 8.26. The van der Waals surface area contributed by atoms with Crippen molar-refractivity contribution in [3.8, 4) is 17.0 Å². The lowest BCUT2D eigenvalue weighted by atomic mass is 10.1. The van der Waals surface area contributed by atoms with Crippen molar-refractivity contribution in [1.82, 2.24) is 4.57 Å². The predicted molar refractivity (Wildman–Crippen MR) is 115 cm³/mol. The molecule has 3 aromatic rings. The Labute approximate surface area is 178 Å². The normalized spacial score (nSPS) is 17.2. The minimum Gasteiger partial charge on any atom is -0.497 e. The molecular formula is C21H20Cl2N2O2S. The quantitative estimate of drug-likeness (QED) is 0.497. The number of aromatic nitrogens is 1. The summed E-state index contributed by atoms with van der Waals surface area (Å²) in [4.78, 5) is 5.76. The van der Waals surface area contributed by atoms with Crippen LogP contribution in [0.2, 0.25) is 10.0 Å². The maximum Gasteiger partial charge on any atom is 0.190 e. The van der Waals surface area contributed by atoms with Gasteiger partial charge in [-0.15, -0.1) is 11.3 Å². The van der Waals surface area contributed by atoms with E-state index >= 15 is 0 Å². The molecule has 1 atom stereocenters. The number of halogens is 2. The summed E-state index contributed by atoms with van der Waals surface area (Å²) >= 11 is 14.2. The Kier molecular flexibility index (Phi) is 6.07. The molecule has 0 amide bonds. The lowest BCUT2D eigenvalue weighted by Gasteiger charge is -2.15. The third-order valence-electron chi connectivity index (χ3n) is 4.71. The number of methoxy groups -OCH3 is 1. The monoisotopic (exact) mass is 434 g/mol. The first kappa shape index (κ1) is 19.5. The van der Waals surface area contributed by atoms with Gasteiger partial charge in [-0.25, -0.2) is 4.99 Å². The van der Waals surface area contributed by atoms with Crippen molar-refractivity contribution in [2.75, 3.05) is 13.7 Å². The van der Waals surface area contributed by atoms with Crippen LogP contribution in [0.5, 0.6) is 5.75 Å². The fourth-order valence-electron chi connectivity index (χ4n) is 3.27. The molecule has 1 aliphatic rings. The van der Waals surface area contributed by atoms with Gasteiger partial charge >= 0.3 is 0 Å². The van der Waals surface area contributed by atoms with Crippen LogP contribution in [0.15, 0.2) is 52.8 Å². The Bertz CT molecular complexity index is 1020. The van der Waals surface area contributed by atoms with Crippen LogP contribution in [0.25, 0.3) is 11.3 Å². The molecule has 0 N–H and O–H groups in total. The Morgan fingerprint density at radius 3 is 2.71 bits per heavy atom. The first-order chi connectivity index (χ1) is 13.6. The molecule has 4 nitrogen and oxygen atoms in total. The molecule has 2 aromatic carbocycles. The van der Waals surface area contributed by atoms with E-state index in [1.54, 1.807) is 24.5 Å². The Morgan fingerprint density at radius 2 is 2.04 bits per heavy atom. The van der Waals surface area contributed by atoms with Crippen molar-refractivity contribution in [1.29, 1.82) is 0 Å². The van der Waals surface area contributed by atoms with Gasteiger partial charge in [0, 0.05) is 22.6 Å². The van der Waals surface area contributed by atoms with Gasteiger partial charge in [0.05, 0.1) is 36.2 Å². The number of hydrogen-bond donors (Lipinski definition) is 0. The number of rotatable bonds is 5. The minimum atomic E-state index is 0.189. The van der Waals surface area contributed by atoms with Gasteiger partial charge in [-0.05, 0) is 55.3 Å². The summed E-state index contributed by atoms with van der Waals surface area (Å²) in [7, 11) is 1.66. The van der Waals surface area contributed by atoms with E-state index in [2.05, 4.69) is 9.95 Å². The third-order valence-corrected chi connectivity index (χ3v) is 6.12. The molecule has 0 saturated carbocycles. The average molecular weight is 435 g/mol. The van der Waals surface area contributed by atoms with Crippen molar-refractivity contribution >= 4 is 40.2 Å². The second-order valence-electron chi connectivity index (χ2n) is 6.58. The van der Waals surface area contributed by atoms with Crippen LogP contribution in [-0.2, 0) is 11.3 Å². The standard InChI is InChI=1S/C21H20Cl2N2O2S/c1-26-16-7-5-15(6-8-16)24-21-25(12-17-3-2-10-27-17)20(13-28-21)18-9-4-14(22)11-19(18)23/h4-9,11,13,17H,2-3,10,12H2,1H3. The summed E-state index contributed by atoms with van der Waals surface area (Å²) in [5, 5.41) is 3.34. The molecule has 2 heterocycles. The maximum absolute atomic E-state index is 6.49. The maximum atomic E-state index is 6.49. The van der Waals surface area contributed by atoms with E-state index in [9.17, 15) is 0 Å². The largest absolute Gasteiger partial charge is 0.497 e. The molecule has 1 aliphatic heterocycles. The van der Waals surface area contributed by atoms with Crippen LogP contribution in [0.4, 0.5) is 5.69 Å². The summed E-state index contributed by atoms with van der Waals surface area (Å²) in [5.41, 5.74) is 2.84. The average Bonchev–Trinajstić information content (AvgIpc) is 3.34. The number of nitrogens with zero attached hydrogens (tertiary/aromatic N) is 2. The molecule has 0 aliphatic carbocycles. The number of hydrogen-bond acceptors (Lipinski definition) is 4. The van der Waals surface area contributed by atoms with E-state index < -0.39 is 0 Å². The van der Waals surface area contributed by atoms with Crippen molar-refractivity contribution in [2.24, 2.45) is 4.99 Å². The summed E-state index contributed by atoms with van der Waals surface area (Å²) < 4.78 is 13.3. The van der Waals surface area contributed by atoms with Gasteiger partial charge in [-0.1, -0.05) is 23.2 Å². The lowest BCUT2D eigenvalue weighted by Crippen LogP contribution is -2.24. The summed E-state index contributed by atoms with van der Waals surface area (Å²) in [5.74, 6) is 0.811. The van der Waals surface area contributed by atoms with E-state index in [1.165, 1.54) is 0 Å². The van der Waals surface area contributed by atoms with Gasteiger partial charge in [0.15, 0.2) is 4.80 Å². The SMILES string of the molecule is COc1ccc(N=c2scc(-c3ccc(Cl)cc3Cl)n2CC2CCCO2)cc1. The number of benzene rings is 2. The fraction of sp³-hybridized carbons (Fsp3) is 0.286. The van der Waals surface area contributed by atoms with Crippen LogP contribution in [0.3, 0.4) is 0 Å². The van der Waals surface area contributed by atoms with Crippen LogP contribution in [0, 0.1) is 0 Å². The Morgan fingerprint density at radius 1 is 1.21 bits per heavy atom. The summed E-state index contributed by atoms with van der Waals surface area (Å²) in [6.07, 6.45) is 2.34. The van der Waals surface area contributed by atoms with Gasteiger partial charge in [-0.3, -0.25) is 0 Å². The van der Waals surface area contributed by atoms with E-state index in [4.69, 9.17) is 37.7 Å². The van der Waals surface area contributed by atoms with Crippen LogP contribution in [0.1, 0.15) is 12.8 Å². The molecule has 0 spiro atoms. The van der Waals surface area contributed by atoms with Crippen LogP contribution < -0.4 is 9.54 Å². The molecular weight excluding hydrogens is 415 g/mol. The van der Waals surface area contributed by atoms with Gasteiger partial charge in [-0.2, -0.15) is 0 Å². The molecule has 4 rings (SSSR count). The molecule has 1 aromatic heterocycles. The van der Waals surface area contributed by atoms with Crippen molar-refractivity contribution in [3.05, 3.63) is 62.7 Å². The lowest BCUT2D eigenvalue weighted by molar-refractivity contribution is 0.0968. The van der Waals surface area contributed by atoms with Gasteiger partial charge < -0.3 is 14.0 Å². The van der Waals surface area contributed by atoms with E-state index in [-0.39, 0.29) is 6.10 Å². The van der Waals surface area contributed by atoms with Crippen molar-refractivity contribution in [2.45, 2.75) is 25.5 Å². The van der Waals surface area contributed by atoms with E-state index in [0.717, 1.165) is 53.5 Å². The van der Waals surface area contributed by atoms with E-state index in [0.29, 0.717) is 10.0 Å². The first-order valence-corrected chi connectivity index (χ1v) is 10.7. The molecule has 146 valence electrons. The molecule has 1 saturated heterocycles. The smallest absolute Gasteiger partial charge is 0.190 e. The second kappa shape index (κ2) is 8.70. The highest BCUT2D eigenvalue weighted by atomic mass is 35.5. The minimum absolute atomic E-state index is 0.189. The number of ether oxygens (including phenoxy) is 2. The highest BCUT2D eigenvalue weighted by Crippen LogP contribution is 2.31. The zero-order chi connectivity index (χ0) is 19.5. The highest BCUT2D eigenvalue weighted by Gasteiger charge is 2.20. The molecule has 1 unspecified atom stereocenters. The number of thiazole rings is 1. The zero-order valence-corrected chi connectivity index (χ0v) is 17.7. The van der Waals surface area contributed by atoms with E-state index in [1.807, 2.05) is 36.4 Å². The Hall–Kier alpha value is -1.79. The summed E-state index contributed by atoms with van der Waals surface area (Å²) in [6.45, 7) is 1.56. The first-order valence-electron chi connectivity index (χ1n) is 9.08. The zero-order valence-electron chi connectivity index (χ0n) is 15.4. The van der Waals surface area contributed by atoms with Gasteiger partial charge in [0.1, 0.15) is 5.75 Å². The van der Waals surface area contributed by atoms with Crippen LogP contribution in [-0.4, -0.2) is 24.4 Å².